The highest BCUT2D eigenvalue weighted by atomic mass is 15.2. The molecule has 2 heterocycles. The number of fused-ring (bicyclic) bond motifs is 6. The van der Waals surface area contributed by atoms with Gasteiger partial charge < -0.3 is 4.90 Å². The molecule has 0 aliphatic carbocycles. The molecule has 10 aromatic carbocycles. The van der Waals surface area contributed by atoms with Crippen LogP contribution in [0.2, 0.25) is 0 Å². The molecule has 3 nitrogen and oxygen atoms in total. The number of imidazole rings is 1. The fourth-order valence-corrected chi connectivity index (χ4v) is 9.72. The number of para-hydroxylation sites is 2. The topological polar surface area (TPSA) is 21.1 Å². The second-order valence-electron chi connectivity index (χ2n) is 15.3. The summed E-state index contributed by atoms with van der Waals surface area (Å²) in [6.45, 7) is 2.20. The average Bonchev–Trinajstić information content (AvgIpc) is 3.68. The first-order valence-corrected chi connectivity index (χ1v) is 20.2. The van der Waals surface area contributed by atoms with Gasteiger partial charge in [-0.2, -0.15) is 0 Å². The van der Waals surface area contributed by atoms with E-state index in [2.05, 4.69) is 211 Å². The molecule has 11 aromatic rings. The van der Waals surface area contributed by atoms with Crippen LogP contribution in [0.3, 0.4) is 0 Å². The van der Waals surface area contributed by atoms with Gasteiger partial charge in [-0.15, -0.1) is 0 Å². The van der Waals surface area contributed by atoms with Crippen LogP contribution in [0.4, 0.5) is 17.1 Å². The van der Waals surface area contributed by atoms with E-state index in [9.17, 15) is 0 Å². The molecule has 0 spiro atoms. The maximum atomic E-state index is 5.17. The summed E-state index contributed by atoms with van der Waals surface area (Å²) in [5.74, 6) is 1.07. The quantitative estimate of drug-likeness (QED) is 0.164. The second kappa shape index (κ2) is 12.8. The van der Waals surface area contributed by atoms with Crippen molar-refractivity contribution in [2.24, 2.45) is 0 Å². The molecular formula is C55H37N3. The van der Waals surface area contributed by atoms with Gasteiger partial charge in [-0.25, -0.2) is 4.98 Å². The van der Waals surface area contributed by atoms with E-state index < -0.39 is 0 Å². The molecule has 272 valence electrons. The van der Waals surface area contributed by atoms with Crippen molar-refractivity contribution in [1.29, 1.82) is 0 Å². The van der Waals surface area contributed by atoms with E-state index in [0.717, 1.165) is 46.0 Å². The molecule has 0 N–H and O–H groups in total. The minimum atomic E-state index is 0.831. The minimum absolute atomic E-state index is 0.831. The Morgan fingerprint density at radius 3 is 1.66 bits per heavy atom. The molecule has 1 aromatic heterocycles. The van der Waals surface area contributed by atoms with E-state index in [1.54, 1.807) is 0 Å². The van der Waals surface area contributed by atoms with Crippen LogP contribution in [-0.2, 0) is 6.42 Å². The number of hydrogen-bond acceptors (Lipinski definition) is 2. The second-order valence-corrected chi connectivity index (χ2v) is 15.3. The van der Waals surface area contributed by atoms with E-state index in [0.29, 0.717) is 0 Å². The highest BCUT2D eigenvalue weighted by Gasteiger charge is 2.29. The van der Waals surface area contributed by atoms with Crippen molar-refractivity contribution in [1.82, 2.24) is 9.55 Å². The molecular weight excluding hydrogens is 703 g/mol. The number of aromatic nitrogens is 2. The SMILES string of the molecule is CCc1nc2cccc3c2n1-c1cc(-c2ccc4c(-c5cccc6ccccc56)c5ccccc5c(-c5cccc6ccccc56)c4c2)ccc1N3c1ccccc1. The third-order valence-electron chi connectivity index (χ3n) is 12.2. The lowest BCUT2D eigenvalue weighted by molar-refractivity contribution is 0.900. The van der Waals surface area contributed by atoms with Crippen molar-refractivity contribution in [2.45, 2.75) is 13.3 Å². The van der Waals surface area contributed by atoms with Crippen LogP contribution in [0, 0.1) is 0 Å². The van der Waals surface area contributed by atoms with Crippen LogP contribution in [0.15, 0.2) is 194 Å². The van der Waals surface area contributed by atoms with Crippen molar-refractivity contribution < 1.29 is 0 Å². The number of rotatable bonds is 5. The summed E-state index contributed by atoms with van der Waals surface area (Å²) in [4.78, 5) is 7.56. The van der Waals surface area contributed by atoms with E-state index in [1.165, 1.54) is 76.5 Å². The number of hydrogen-bond donors (Lipinski definition) is 0. The smallest absolute Gasteiger partial charge is 0.114 e. The van der Waals surface area contributed by atoms with Gasteiger partial charge in [-0.1, -0.05) is 159 Å². The highest BCUT2D eigenvalue weighted by Crippen LogP contribution is 2.50. The predicted molar refractivity (Wildman–Crippen MR) is 245 cm³/mol. The first kappa shape index (κ1) is 32.7. The highest BCUT2D eigenvalue weighted by molar-refractivity contribution is 6.25. The van der Waals surface area contributed by atoms with Crippen molar-refractivity contribution in [3.8, 4) is 39.1 Å². The largest absolute Gasteiger partial charge is 0.306 e. The maximum absolute atomic E-state index is 5.17. The van der Waals surface area contributed by atoms with Crippen LogP contribution < -0.4 is 4.90 Å². The van der Waals surface area contributed by atoms with Gasteiger partial charge in [0, 0.05) is 12.1 Å². The molecule has 1 aliphatic rings. The Labute approximate surface area is 336 Å². The van der Waals surface area contributed by atoms with E-state index in [-0.39, 0.29) is 0 Å². The molecule has 0 amide bonds. The lowest BCUT2D eigenvalue weighted by Crippen LogP contribution is -2.19. The summed E-state index contributed by atoms with van der Waals surface area (Å²) in [6, 6.07) is 71.3. The normalized spacial score (nSPS) is 12.3. The first-order chi connectivity index (χ1) is 28.7. The van der Waals surface area contributed by atoms with Crippen LogP contribution in [0.25, 0.3) is 93.2 Å². The molecule has 0 bridgehead atoms. The molecule has 0 atom stereocenters. The van der Waals surface area contributed by atoms with Crippen LogP contribution in [0.5, 0.6) is 0 Å². The maximum Gasteiger partial charge on any atom is 0.114 e. The third-order valence-corrected chi connectivity index (χ3v) is 12.2. The average molecular weight is 740 g/mol. The Bertz CT molecular complexity index is 3440. The lowest BCUT2D eigenvalue weighted by Gasteiger charge is -2.33. The van der Waals surface area contributed by atoms with Crippen LogP contribution >= 0.6 is 0 Å². The molecule has 3 heteroatoms. The fraction of sp³-hybridized carbons (Fsp3) is 0.0364. The van der Waals surface area contributed by atoms with Gasteiger partial charge in [0.05, 0.1) is 28.1 Å². The summed E-state index contributed by atoms with van der Waals surface area (Å²) in [5.41, 5.74) is 14.1. The van der Waals surface area contributed by atoms with Gasteiger partial charge in [0.25, 0.3) is 0 Å². The molecule has 0 fully saturated rings. The molecule has 12 rings (SSSR count). The first-order valence-electron chi connectivity index (χ1n) is 20.2. The van der Waals surface area contributed by atoms with Gasteiger partial charge in [0.2, 0.25) is 0 Å². The van der Waals surface area contributed by atoms with Gasteiger partial charge >= 0.3 is 0 Å². The molecule has 0 saturated carbocycles. The standard InChI is InChI=1S/C55H37N3/c1-2-52-56-48-27-14-28-50-55(48)58(52)51-34-38(30-32-49(51)57(50)39-19-4-3-5-20-39)37-29-31-46-47(33-37)54(43-26-13-18-36-16-7-9-22-41(36)43)45-24-11-10-23-44(45)53(46)42-25-12-17-35-15-6-8-21-40(35)42/h3-34H,2H2,1H3. The lowest BCUT2D eigenvalue weighted by atomic mass is 9.83. The van der Waals surface area contributed by atoms with Gasteiger partial charge in [-0.3, -0.25) is 4.57 Å². The monoisotopic (exact) mass is 739 g/mol. The van der Waals surface area contributed by atoms with Crippen LogP contribution in [-0.4, -0.2) is 9.55 Å². The van der Waals surface area contributed by atoms with Crippen molar-refractivity contribution in [3.63, 3.8) is 0 Å². The fourth-order valence-electron chi connectivity index (χ4n) is 9.72. The van der Waals surface area contributed by atoms with Crippen LogP contribution in [0.1, 0.15) is 12.7 Å². The van der Waals surface area contributed by atoms with Gasteiger partial charge in [0.1, 0.15) is 5.82 Å². The zero-order valence-electron chi connectivity index (χ0n) is 32.0. The Balaban J connectivity index is 1.17. The number of aryl methyl sites for hydroxylation is 1. The molecule has 1 aliphatic heterocycles. The Hall–Kier alpha value is -7.49. The summed E-state index contributed by atoms with van der Waals surface area (Å²) in [7, 11) is 0. The number of nitrogens with zero attached hydrogens (tertiary/aromatic N) is 3. The van der Waals surface area contributed by atoms with E-state index >= 15 is 0 Å². The number of anilines is 3. The zero-order chi connectivity index (χ0) is 38.3. The summed E-state index contributed by atoms with van der Waals surface area (Å²) < 4.78 is 2.40. The molecule has 0 saturated heterocycles. The van der Waals surface area contributed by atoms with Crippen molar-refractivity contribution in [2.75, 3.05) is 4.90 Å². The van der Waals surface area contributed by atoms with E-state index in [4.69, 9.17) is 4.98 Å². The predicted octanol–water partition coefficient (Wildman–Crippen LogP) is 15.0. The molecule has 0 unspecified atom stereocenters. The Morgan fingerprint density at radius 2 is 0.966 bits per heavy atom. The van der Waals surface area contributed by atoms with Gasteiger partial charge in [0.15, 0.2) is 0 Å². The van der Waals surface area contributed by atoms with Crippen molar-refractivity contribution >= 4 is 71.2 Å². The van der Waals surface area contributed by atoms with Gasteiger partial charge in [-0.05, 0) is 119 Å². The number of benzene rings is 10. The summed E-state index contributed by atoms with van der Waals surface area (Å²) in [5, 5.41) is 9.98. The van der Waals surface area contributed by atoms with E-state index in [1.807, 2.05) is 0 Å². The summed E-state index contributed by atoms with van der Waals surface area (Å²) in [6.07, 6.45) is 0.831. The Kier molecular flexibility index (Phi) is 7.21. The minimum Gasteiger partial charge on any atom is -0.306 e. The third kappa shape index (κ3) is 4.77. The van der Waals surface area contributed by atoms with Crippen molar-refractivity contribution in [3.05, 3.63) is 200 Å². The zero-order valence-corrected chi connectivity index (χ0v) is 32.0. The Morgan fingerprint density at radius 1 is 0.414 bits per heavy atom. The molecule has 58 heavy (non-hydrogen) atoms. The molecule has 0 radical (unpaired) electrons. The summed E-state index contributed by atoms with van der Waals surface area (Å²) >= 11 is 0.